The molecule has 0 bridgehead atoms. The number of aliphatic hydroxyl groups is 1. The van der Waals surface area contributed by atoms with Gasteiger partial charge in [-0.3, -0.25) is 10.1 Å². The van der Waals surface area contributed by atoms with Crippen molar-refractivity contribution in [1.82, 2.24) is 0 Å². The Bertz CT molecular complexity index is 581. The quantitative estimate of drug-likeness (QED) is 0.648. The van der Waals surface area contributed by atoms with E-state index in [-0.39, 0.29) is 12.3 Å². The Labute approximate surface area is 116 Å². The van der Waals surface area contributed by atoms with Crippen molar-refractivity contribution in [2.45, 2.75) is 13.0 Å². The summed E-state index contributed by atoms with van der Waals surface area (Å²) in [7, 11) is 0. The summed E-state index contributed by atoms with van der Waals surface area (Å²) in [4.78, 5) is 10.1. The monoisotopic (exact) mass is 273 g/mol. The maximum Gasteiger partial charge on any atom is 0.269 e. The zero-order valence-electron chi connectivity index (χ0n) is 10.9. The molecule has 5 nitrogen and oxygen atoms in total. The van der Waals surface area contributed by atoms with Crippen LogP contribution < -0.4 is 4.74 Å². The molecule has 0 aliphatic rings. The third kappa shape index (κ3) is 3.55. The third-order valence-electron chi connectivity index (χ3n) is 2.94. The lowest BCUT2D eigenvalue weighted by Gasteiger charge is -2.09. The summed E-state index contributed by atoms with van der Waals surface area (Å²) in [5, 5.41) is 19.7. The fourth-order valence-electron chi connectivity index (χ4n) is 1.84. The molecule has 0 spiro atoms. The second-order valence-electron chi connectivity index (χ2n) is 4.29. The van der Waals surface area contributed by atoms with Crippen molar-refractivity contribution < 1.29 is 14.8 Å². The number of hydrogen-bond acceptors (Lipinski definition) is 4. The van der Waals surface area contributed by atoms with Crippen molar-refractivity contribution in [3.8, 4) is 5.75 Å². The zero-order valence-corrected chi connectivity index (χ0v) is 10.9. The minimum atomic E-state index is -0.419. The van der Waals surface area contributed by atoms with Crippen LogP contribution >= 0.6 is 0 Å². The number of ether oxygens (including phenoxy) is 1. The number of nitro groups is 1. The molecule has 0 heterocycles. The van der Waals surface area contributed by atoms with E-state index in [2.05, 4.69) is 0 Å². The molecule has 20 heavy (non-hydrogen) atoms. The van der Waals surface area contributed by atoms with Gasteiger partial charge in [-0.15, -0.1) is 0 Å². The van der Waals surface area contributed by atoms with Crippen LogP contribution in [-0.2, 0) is 13.0 Å². The van der Waals surface area contributed by atoms with Gasteiger partial charge in [-0.2, -0.15) is 0 Å². The molecule has 1 N–H and O–H groups in total. The predicted molar refractivity (Wildman–Crippen MR) is 74.7 cm³/mol. The molecule has 0 aromatic heterocycles. The molecule has 5 heteroatoms. The lowest BCUT2D eigenvalue weighted by atomic mass is 10.1. The van der Waals surface area contributed by atoms with Gasteiger partial charge < -0.3 is 9.84 Å². The molecule has 0 aliphatic heterocycles. The van der Waals surface area contributed by atoms with Gasteiger partial charge in [0, 0.05) is 24.1 Å². The van der Waals surface area contributed by atoms with Crippen molar-refractivity contribution in [3.05, 3.63) is 69.8 Å². The van der Waals surface area contributed by atoms with E-state index < -0.39 is 4.92 Å². The molecule has 104 valence electrons. The Morgan fingerprint density at radius 2 is 1.80 bits per heavy atom. The largest absolute Gasteiger partial charge is 0.493 e. The van der Waals surface area contributed by atoms with E-state index >= 15 is 0 Å². The Balaban J connectivity index is 1.91. The van der Waals surface area contributed by atoms with E-state index in [4.69, 9.17) is 4.74 Å². The first-order valence-electron chi connectivity index (χ1n) is 6.25. The van der Waals surface area contributed by atoms with Gasteiger partial charge in [0.15, 0.2) is 0 Å². The van der Waals surface area contributed by atoms with E-state index in [0.29, 0.717) is 18.8 Å². The van der Waals surface area contributed by atoms with Crippen LogP contribution in [0.3, 0.4) is 0 Å². The fraction of sp³-hybridized carbons (Fsp3) is 0.200. The van der Waals surface area contributed by atoms with Crippen LogP contribution in [0.25, 0.3) is 0 Å². The van der Waals surface area contributed by atoms with Gasteiger partial charge in [0.2, 0.25) is 0 Å². The van der Waals surface area contributed by atoms with Gasteiger partial charge >= 0.3 is 0 Å². The number of aliphatic hydroxyl groups excluding tert-OH is 1. The van der Waals surface area contributed by atoms with Crippen LogP contribution in [0.4, 0.5) is 5.69 Å². The van der Waals surface area contributed by atoms with E-state index in [1.54, 1.807) is 24.3 Å². The van der Waals surface area contributed by atoms with Gasteiger partial charge in [-0.25, -0.2) is 0 Å². The van der Waals surface area contributed by atoms with Crippen LogP contribution in [0.1, 0.15) is 11.1 Å². The molecule has 0 radical (unpaired) electrons. The maximum atomic E-state index is 10.5. The minimum absolute atomic E-state index is 0.0618. The summed E-state index contributed by atoms with van der Waals surface area (Å²) >= 11 is 0. The summed E-state index contributed by atoms with van der Waals surface area (Å²) in [5.41, 5.74) is 1.80. The lowest BCUT2D eigenvalue weighted by Crippen LogP contribution is -2.03. The first-order valence-corrected chi connectivity index (χ1v) is 6.25. The van der Waals surface area contributed by atoms with Gasteiger partial charge in [-0.05, 0) is 11.6 Å². The molecule has 0 saturated heterocycles. The van der Waals surface area contributed by atoms with Gasteiger partial charge in [0.1, 0.15) is 5.75 Å². The van der Waals surface area contributed by atoms with Crippen molar-refractivity contribution in [2.24, 2.45) is 0 Å². The number of nitro benzene ring substituents is 1. The number of non-ortho nitro benzene ring substituents is 1. The molecule has 0 saturated carbocycles. The number of rotatable bonds is 6. The number of benzene rings is 2. The van der Waals surface area contributed by atoms with E-state index in [1.807, 2.05) is 12.1 Å². The highest BCUT2D eigenvalue weighted by molar-refractivity contribution is 5.34. The standard InChI is InChI=1S/C15H15NO4/c17-11-13-3-1-2-4-15(13)20-10-9-12-5-7-14(8-6-12)16(18)19/h1-8,17H,9-11H2. The summed E-state index contributed by atoms with van der Waals surface area (Å²) in [6, 6.07) is 13.7. The molecule has 0 atom stereocenters. The van der Waals surface area contributed by atoms with Crippen LogP contribution in [0.5, 0.6) is 5.75 Å². The van der Waals surface area contributed by atoms with Gasteiger partial charge in [0.25, 0.3) is 5.69 Å². The normalized spacial score (nSPS) is 10.2. The predicted octanol–water partition coefficient (Wildman–Crippen LogP) is 2.71. The van der Waals surface area contributed by atoms with E-state index in [0.717, 1.165) is 11.1 Å². The summed E-state index contributed by atoms with van der Waals surface area (Å²) in [5.74, 6) is 0.664. The maximum absolute atomic E-state index is 10.5. The molecular weight excluding hydrogens is 258 g/mol. The third-order valence-corrected chi connectivity index (χ3v) is 2.94. The Morgan fingerprint density at radius 1 is 1.10 bits per heavy atom. The van der Waals surface area contributed by atoms with Gasteiger partial charge in [0.05, 0.1) is 18.1 Å². The van der Waals surface area contributed by atoms with E-state index in [1.165, 1.54) is 12.1 Å². The van der Waals surface area contributed by atoms with Crippen LogP contribution in [0.2, 0.25) is 0 Å². The number of nitrogens with zero attached hydrogens (tertiary/aromatic N) is 1. The smallest absolute Gasteiger partial charge is 0.269 e. The van der Waals surface area contributed by atoms with Crippen LogP contribution in [0, 0.1) is 10.1 Å². The highest BCUT2D eigenvalue weighted by atomic mass is 16.6. The summed E-state index contributed by atoms with van der Waals surface area (Å²) < 4.78 is 5.62. The number of para-hydroxylation sites is 1. The lowest BCUT2D eigenvalue weighted by molar-refractivity contribution is -0.384. The summed E-state index contributed by atoms with van der Waals surface area (Å²) in [6.45, 7) is 0.391. The van der Waals surface area contributed by atoms with Crippen molar-refractivity contribution >= 4 is 5.69 Å². The first kappa shape index (κ1) is 14.0. The molecule has 0 unspecified atom stereocenters. The van der Waals surface area contributed by atoms with Crippen molar-refractivity contribution in [2.75, 3.05) is 6.61 Å². The number of hydrogen-bond donors (Lipinski definition) is 1. The molecule has 0 aliphatic carbocycles. The summed E-state index contributed by atoms with van der Waals surface area (Å²) in [6.07, 6.45) is 0.651. The molecule has 0 amide bonds. The Morgan fingerprint density at radius 3 is 2.45 bits per heavy atom. The minimum Gasteiger partial charge on any atom is -0.493 e. The fourth-order valence-corrected chi connectivity index (χ4v) is 1.84. The highest BCUT2D eigenvalue weighted by Gasteiger charge is 2.05. The van der Waals surface area contributed by atoms with Crippen LogP contribution in [0.15, 0.2) is 48.5 Å². The van der Waals surface area contributed by atoms with Crippen LogP contribution in [-0.4, -0.2) is 16.6 Å². The average Bonchev–Trinajstić information content (AvgIpc) is 2.48. The average molecular weight is 273 g/mol. The highest BCUT2D eigenvalue weighted by Crippen LogP contribution is 2.18. The molecule has 0 fully saturated rings. The zero-order chi connectivity index (χ0) is 14.4. The first-order chi connectivity index (χ1) is 9.70. The molecule has 2 aromatic rings. The second-order valence-corrected chi connectivity index (χ2v) is 4.29. The van der Waals surface area contributed by atoms with Crippen molar-refractivity contribution in [3.63, 3.8) is 0 Å². The Hall–Kier alpha value is -2.40. The molecular formula is C15H15NO4. The molecule has 2 aromatic carbocycles. The Kier molecular flexibility index (Phi) is 4.68. The van der Waals surface area contributed by atoms with E-state index in [9.17, 15) is 15.2 Å². The van der Waals surface area contributed by atoms with Crippen molar-refractivity contribution in [1.29, 1.82) is 0 Å². The SMILES string of the molecule is O=[N+]([O-])c1ccc(CCOc2ccccc2CO)cc1. The molecule has 2 rings (SSSR count). The van der Waals surface area contributed by atoms with Gasteiger partial charge in [-0.1, -0.05) is 30.3 Å². The second kappa shape index (κ2) is 6.68. The topological polar surface area (TPSA) is 72.6 Å².